The van der Waals surface area contributed by atoms with Gasteiger partial charge >= 0.3 is 11.9 Å². The lowest BCUT2D eigenvalue weighted by atomic mass is 10.2. The number of carbonyl (C=O) groups is 3. The zero-order chi connectivity index (χ0) is 17.0. The average Bonchev–Trinajstić information content (AvgIpc) is 2.75. The zero-order valence-corrected chi connectivity index (χ0v) is 13.3. The lowest BCUT2D eigenvalue weighted by molar-refractivity contribution is -0.174. The molecule has 7 nitrogen and oxygen atoms in total. The number of hydrogen-bond donors (Lipinski definition) is 0. The van der Waals surface area contributed by atoms with Gasteiger partial charge in [0.1, 0.15) is 5.75 Å². The van der Waals surface area contributed by atoms with Gasteiger partial charge in [0.2, 0.25) is 12.1 Å². The molecule has 0 spiro atoms. The van der Waals surface area contributed by atoms with E-state index in [-0.39, 0.29) is 18.9 Å². The van der Waals surface area contributed by atoms with Crippen LogP contribution in [0, 0.1) is 0 Å². The SMILES string of the molecule is COc1ccc(CN2C(=O)C[C@H](OC(C)=O)[C@@H]2OC(C)=O)cc1. The second kappa shape index (κ2) is 7.13. The molecule has 1 aliphatic rings. The number of benzene rings is 1. The van der Waals surface area contributed by atoms with Crippen LogP contribution in [0.1, 0.15) is 25.8 Å². The molecular formula is C16H19NO6. The Balaban J connectivity index is 2.17. The summed E-state index contributed by atoms with van der Waals surface area (Å²) in [5.74, 6) is -0.595. The second-order valence-electron chi connectivity index (χ2n) is 5.22. The fraction of sp³-hybridized carbons (Fsp3) is 0.438. The number of likely N-dealkylation sites (tertiary alicyclic amines) is 1. The van der Waals surface area contributed by atoms with Crippen molar-refractivity contribution >= 4 is 17.8 Å². The number of carbonyl (C=O) groups excluding carboxylic acids is 3. The van der Waals surface area contributed by atoms with Gasteiger partial charge in [-0.2, -0.15) is 0 Å². The van der Waals surface area contributed by atoms with Gasteiger partial charge in [-0.15, -0.1) is 0 Å². The highest BCUT2D eigenvalue weighted by atomic mass is 16.6. The predicted octanol–water partition coefficient (Wildman–Crippen LogP) is 1.25. The Morgan fingerprint density at radius 3 is 2.26 bits per heavy atom. The Kier molecular flexibility index (Phi) is 5.20. The molecule has 124 valence electrons. The van der Waals surface area contributed by atoms with Crippen LogP contribution in [0.15, 0.2) is 24.3 Å². The first kappa shape index (κ1) is 16.8. The van der Waals surface area contributed by atoms with E-state index < -0.39 is 24.3 Å². The fourth-order valence-electron chi connectivity index (χ4n) is 2.46. The molecule has 0 aromatic heterocycles. The molecule has 2 rings (SSSR count). The van der Waals surface area contributed by atoms with Crippen LogP contribution in [0.5, 0.6) is 5.75 Å². The van der Waals surface area contributed by atoms with Crippen molar-refractivity contribution in [2.45, 2.75) is 39.1 Å². The molecule has 23 heavy (non-hydrogen) atoms. The summed E-state index contributed by atoms with van der Waals surface area (Å²) in [5, 5.41) is 0. The minimum atomic E-state index is -0.911. The van der Waals surface area contributed by atoms with Crippen molar-refractivity contribution in [1.29, 1.82) is 0 Å². The first-order valence-corrected chi connectivity index (χ1v) is 7.17. The van der Waals surface area contributed by atoms with Crippen molar-refractivity contribution in [3.05, 3.63) is 29.8 Å². The summed E-state index contributed by atoms with van der Waals surface area (Å²) in [6.45, 7) is 2.75. The molecule has 1 aromatic carbocycles. The van der Waals surface area contributed by atoms with Gasteiger partial charge in [0.15, 0.2) is 6.10 Å². The van der Waals surface area contributed by atoms with E-state index >= 15 is 0 Å². The van der Waals surface area contributed by atoms with E-state index in [1.807, 2.05) is 12.1 Å². The van der Waals surface area contributed by atoms with E-state index in [0.29, 0.717) is 5.75 Å². The summed E-state index contributed by atoms with van der Waals surface area (Å²) in [6.07, 6.45) is -1.71. The van der Waals surface area contributed by atoms with E-state index in [2.05, 4.69) is 0 Å². The summed E-state index contributed by atoms with van der Waals surface area (Å²) in [5.41, 5.74) is 0.847. The van der Waals surface area contributed by atoms with E-state index in [1.54, 1.807) is 19.2 Å². The van der Waals surface area contributed by atoms with Crippen LogP contribution in [-0.4, -0.2) is 42.2 Å². The average molecular weight is 321 g/mol. The number of esters is 2. The number of methoxy groups -OCH3 is 1. The molecule has 1 heterocycles. The number of ether oxygens (including phenoxy) is 3. The normalized spacial score (nSPS) is 20.3. The number of nitrogens with zero attached hydrogens (tertiary/aromatic N) is 1. The molecule has 1 aromatic rings. The first-order chi connectivity index (χ1) is 10.9. The third kappa shape index (κ3) is 4.21. The maximum Gasteiger partial charge on any atom is 0.304 e. The van der Waals surface area contributed by atoms with Crippen LogP contribution in [0.4, 0.5) is 0 Å². The van der Waals surface area contributed by atoms with Gasteiger partial charge in [-0.3, -0.25) is 19.3 Å². The van der Waals surface area contributed by atoms with E-state index in [0.717, 1.165) is 5.56 Å². The monoisotopic (exact) mass is 321 g/mol. The Morgan fingerprint density at radius 2 is 1.74 bits per heavy atom. The van der Waals surface area contributed by atoms with Crippen LogP contribution < -0.4 is 4.74 Å². The van der Waals surface area contributed by atoms with Crippen LogP contribution >= 0.6 is 0 Å². The lowest BCUT2D eigenvalue weighted by Crippen LogP contribution is -2.41. The van der Waals surface area contributed by atoms with Crippen molar-refractivity contribution in [2.24, 2.45) is 0 Å². The van der Waals surface area contributed by atoms with Gasteiger partial charge in [0, 0.05) is 20.4 Å². The fourth-order valence-corrected chi connectivity index (χ4v) is 2.46. The molecular weight excluding hydrogens is 302 g/mol. The zero-order valence-electron chi connectivity index (χ0n) is 13.3. The Hall–Kier alpha value is -2.57. The molecule has 1 fully saturated rings. The maximum atomic E-state index is 12.2. The van der Waals surface area contributed by atoms with Crippen LogP contribution in [0.3, 0.4) is 0 Å². The van der Waals surface area contributed by atoms with Gasteiger partial charge in [-0.25, -0.2) is 0 Å². The van der Waals surface area contributed by atoms with E-state index in [4.69, 9.17) is 14.2 Å². The summed E-state index contributed by atoms with van der Waals surface area (Å²) >= 11 is 0. The molecule has 1 amide bonds. The minimum absolute atomic E-state index is 0.00627. The highest BCUT2D eigenvalue weighted by Gasteiger charge is 2.44. The summed E-state index contributed by atoms with van der Waals surface area (Å²) in [7, 11) is 1.57. The molecule has 1 aliphatic heterocycles. The van der Waals surface area contributed by atoms with Crippen LogP contribution in [0.25, 0.3) is 0 Å². The summed E-state index contributed by atoms with van der Waals surface area (Å²) in [4.78, 5) is 36.1. The number of amides is 1. The molecule has 1 saturated heterocycles. The van der Waals surface area contributed by atoms with Gasteiger partial charge in [-0.1, -0.05) is 12.1 Å². The van der Waals surface area contributed by atoms with Gasteiger partial charge < -0.3 is 14.2 Å². The quantitative estimate of drug-likeness (QED) is 0.759. The predicted molar refractivity (Wildman–Crippen MR) is 79.3 cm³/mol. The van der Waals surface area contributed by atoms with Crippen LogP contribution in [0.2, 0.25) is 0 Å². The molecule has 2 atom stereocenters. The Labute approximate surface area is 134 Å². The standard InChI is InChI=1S/C16H19NO6/c1-10(18)22-14-8-15(20)17(16(14)23-11(2)19)9-12-4-6-13(21-3)7-5-12/h4-7,14,16H,8-9H2,1-3H3/t14-,16-/m0/s1. The molecule has 0 radical (unpaired) electrons. The van der Waals surface area contributed by atoms with E-state index in [9.17, 15) is 14.4 Å². The lowest BCUT2D eigenvalue weighted by Gasteiger charge is -2.27. The second-order valence-corrected chi connectivity index (χ2v) is 5.22. The van der Waals surface area contributed by atoms with Crippen LogP contribution in [-0.2, 0) is 30.4 Å². The van der Waals surface area contributed by atoms with Crippen molar-refractivity contribution in [3.8, 4) is 5.75 Å². The molecule has 0 N–H and O–H groups in total. The summed E-state index contributed by atoms with van der Waals surface area (Å²) < 4.78 is 15.4. The molecule has 7 heteroatoms. The molecule has 0 bridgehead atoms. The number of hydrogen-bond acceptors (Lipinski definition) is 6. The summed E-state index contributed by atoms with van der Waals surface area (Å²) in [6, 6.07) is 7.19. The Morgan fingerprint density at radius 1 is 1.13 bits per heavy atom. The smallest absolute Gasteiger partial charge is 0.304 e. The largest absolute Gasteiger partial charge is 0.497 e. The highest BCUT2D eigenvalue weighted by molar-refractivity contribution is 5.81. The molecule has 0 saturated carbocycles. The van der Waals surface area contributed by atoms with Gasteiger partial charge in [0.05, 0.1) is 13.5 Å². The molecule has 0 aliphatic carbocycles. The van der Waals surface area contributed by atoms with Crippen molar-refractivity contribution in [3.63, 3.8) is 0 Å². The van der Waals surface area contributed by atoms with Gasteiger partial charge in [0.25, 0.3) is 0 Å². The first-order valence-electron chi connectivity index (χ1n) is 7.17. The highest BCUT2D eigenvalue weighted by Crippen LogP contribution is 2.26. The number of rotatable bonds is 5. The Bertz CT molecular complexity index is 597. The van der Waals surface area contributed by atoms with Crippen molar-refractivity contribution in [2.75, 3.05) is 7.11 Å². The van der Waals surface area contributed by atoms with Crippen molar-refractivity contribution in [1.82, 2.24) is 4.90 Å². The van der Waals surface area contributed by atoms with Crippen molar-refractivity contribution < 1.29 is 28.6 Å². The van der Waals surface area contributed by atoms with Gasteiger partial charge in [-0.05, 0) is 17.7 Å². The topological polar surface area (TPSA) is 82.1 Å². The third-order valence-corrected chi connectivity index (χ3v) is 3.44. The minimum Gasteiger partial charge on any atom is -0.497 e. The van der Waals surface area contributed by atoms with E-state index in [1.165, 1.54) is 18.7 Å². The maximum absolute atomic E-state index is 12.2. The third-order valence-electron chi connectivity index (χ3n) is 3.44. The molecule has 0 unspecified atom stereocenters.